The van der Waals surface area contributed by atoms with Gasteiger partial charge in [0, 0.05) is 24.4 Å². The molecule has 1 N–H and O–H groups in total. The lowest BCUT2D eigenvalue weighted by Crippen LogP contribution is -2.41. The third-order valence-electron chi connectivity index (χ3n) is 7.79. The molecule has 0 aliphatic rings. The van der Waals surface area contributed by atoms with Crippen LogP contribution in [0.5, 0.6) is 11.5 Å². The second-order valence-corrected chi connectivity index (χ2v) is 11.4. The van der Waals surface area contributed by atoms with Crippen LogP contribution in [-0.2, 0) is 6.42 Å². The molecular weight excluding hydrogens is 620 g/mol. The first-order valence-electron chi connectivity index (χ1n) is 14.3. The van der Waals surface area contributed by atoms with E-state index in [9.17, 15) is 9.59 Å². The van der Waals surface area contributed by atoms with Crippen LogP contribution in [-0.4, -0.2) is 41.2 Å². The van der Waals surface area contributed by atoms with Crippen molar-refractivity contribution in [1.82, 2.24) is 14.5 Å². The van der Waals surface area contributed by atoms with E-state index in [1.54, 1.807) is 41.9 Å². The molecule has 0 fully saturated rings. The number of amides is 2. The number of fused-ring (bicyclic) bond motifs is 1. The van der Waals surface area contributed by atoms with Crippen LogP contribution in [0.15, 0.2) is 94.2 Å². The number of halogens is 1. The predicted octanol–water partition coefficient (Wildman–Crippen LogP) is 7.62. The quantitative estimate of drug-likeness (QED) is 0.177. The lowest BCUT2D eigenvalue weighted by molar-refractivity contribution is 0.190. The summed E-state index contributed by atoms with van der Waals surface area (Å²) in [5.41, 5.74) is 4.53. The second-order valence-electron chi connectivity index (χ2n) is 10.6. The Labute approximate surface area is 265 Å². The molecular formula is C35H35BrN4O4. The average Bonchev–Trinajstić information content (AvgIpc) is 3.03. The number of anilines is 1. The van der Waals surface area contributed by atoms with Crippen LogP contribution in [0.25, 0.3) is 16.6 Å². The minimum absolute atomic E-state index is 0.272. The number of nitrogens with one attached hydrogen (secondary N) is 1. The predicted molar refractivity (Wildman–Crippen MR) is 178 cm³/mol. The number of urea groups is 1. The van der Waals surface area contributed by atoms with E-state index in [0.717, 1.165) is 22.4 Å². The van der Waals surface area contributed by atoms with Gasteiger partial charge in [-0.05, 0) is 71.9 Å². The molecule has 2 amide bonds. The Morgan fingerprint density at radius 3 is 2.32 bits per heavy atom. The molecule has 5 rings (SSSR count). The maximum atomic E-state index is 14.3. The van der Waals surface area contributed by atoms with Gasteiger partial charge in [-0.15, -0.1) is 0 Å². The molecule has 0 spiro atoms. The minimum Gasteiger partial charge on any atom is -0.497 e. The molecule has 0 bridgehead atoms. The van der Waals surface area contributed by atoms with Gasteiger partial charge in [-0.25, -0.2) is 9.78 Å². The first kappa shape index (κ1) is 30.8. The van der Waals surface area contributed by atoms with Crippen LogP contribution in [0.4, 0.5) is 10.5 Å². The summed E-state index contributed by atoms with van der Waals surface area (Å²) in [6, 6.07) is 25.7. The number of benzene rings is 4. The maximum absolute atomic E-state index is 14.3. The Bertz CT molecular complexity index is 1850. The molecule has 4 aromatic carbocycles. The number of para-hydroxylation sites is 2. The molecule has 0 aliphatic carbocycles. The Balaban J connectivity index is 1.69. The topological polar surface area (TPSA) is 85.7 Å². The van der Waals surface area contributed by atoms with Crippen molar-refractivity contribution in [1.29, 1.82) is 0 Å². The van der Waals surface area contributed by atoms with E-state index in [4.69, 9.17) is 14.5 Å². The third kappa shape index (κ3) is 6.19. The molecule has 1 aromatic heterocycles. The van der Waals surface area contributed by atoms with E-state index in [2.05, 4.69) is 21.2 Å². The zero-order valence-corrected chi connectivity index (χ0v) is 27.0. The van der Waals surface area contributed by atoms with E-state index in [1.165, 1.54) is 0 Å². The third-order valence-corrected chi connectivity index (χ3v) is 8.59. The van der Waals surface area contributed by atoms with Crippen molar-refractivity contribution < 1.29 is 14.3 Å². The fourth-order valence-corrected chi connectivity index (χ4v) is 5.91. The minimum atomic E-state index is -0.621. The first-order chi connectivity index (χ1) is 21.2. The number of ether oxygens (including phenoxy) is 2. The fraction of sp³-hybridized carbons (Fsp3) is 0.229. The van der Waals surface area contributed by atoms with Crippen LogP contribution < -0.4 is 20.3 Å². The molecule has 0 saturated heterocycles. The second kappa shape index (κ2) is 13.3. The van der Waals surface area contributed by atoms with E-state index in [0.29, 0.717) is 51.4 Å². The Morgan fingerprint density at radius 2 is 1.64 bits per heavy atom. The van der Waals surface area contributed by atoms with E-state index in [1.807, 2.05) is 87.5 Å². The fourth-order valence-electron chi connectivity index (χ4n) is 5.35. The van der Waals surface area contributed by atoms with Crippen molar-refractivity contribution in [2.24, 2.45) is 0 Å². The Morgan fingerprint density at radius 1 is 0.955 bits per heavy atom. The molecule has 1 heterocycles. The van der Waals surface area contributed by atoms with Gasteiger partial charge in [0.2, 0.25) is 0 Å². The number of rotatable bonds is 9. The van der Waals surface area contributed by atoms with Crippen molar-refractivity contribution >= 4 is 38.6 Å². The van der Waals surface area contributed by atoms with Gasteiger partial charge in [-0.1, -0.05) is 60.7 Å². The van der Waals surface area contributed by atoms with Crippen molar-refractivity contribution in [2.45, 2.75) is 33.2 Å². The van der Waals surface area contributed by atoms with Crippen LogP contribution in [0.3, 0.4) is 0 Å². The van der Waals surface area contributed by atoms with Gasteiger partial charge in [-0.3, -0.25) is 9.36 Å². The zero-order chi connectivity index (χ0) is 31.4. The van der Waals surface area contributed by atoms with Gasteiger partial charge in [0.15, 0.2) is 0 Å². The highest BCUT2D eigenvalue weighted by Gasteiger charge is 2.29. The summed E-state index contributed by atoms with van der Waals surface area (Å²) in [7, 11) is 3.11. The molecule has 1 atom stereocenters. The van der Waals surface area contributed by atoms with E-state index >= 15 is 0 Å². The lowest BCUT2D eigenvalue weighted by Gasteiger charge is -2.31. The largest absolute Gasteiger partial charge is 0.497 e. The number of methoxy groups -OCH3 is 2. The van der Waals surface area contributed by atoms with Gasteiger partial charge in [0.25, 0.3) is 5.56 Å². The Hall–Kier alpha value is -4.63. The van der Waals surface area contributed by atoms with Crippen molar-refractivity contribution in [2.75, 3.05) is 26.1 Å². The summed E-state index contributed by atoms with van der Waals surface area (Å²) in [6.45, 7) is 6.22. The van der Waals surface area contributed by atoms with E-state index < -0.39 is 6.04 Å². The maximum Gasteiger partial charge on any atom is 0.322 e. The van der Waals surface area contributed by atoms with Gasteiger partial charge >= 0.3 is 6.03 Å². The number of aryl methyl sites for hydroxylation is 2. The summed E-state index contributed by atoms with van der Waals surface area (Å²) in [4.78, 5) is 35.2. The number of nitrogens with zero attached hydrogens (tertiary/aromatic N) is 3. The molecule has 0 aliphatic heterocycles. The monoisotopic (exact) mass is 654 g/mol. The first-order valence-corrected chi connectivity index (χ1v) is 15.1. The SMILES string of the molecule is COc1cc(OC)c(Br)c(-n2c(C(C)N(CCc3ccccc3)C(=O)Nc3c(C)cccc3C)nc3ccccc3c2=O)c1. The van der Waals surface area contributed by atoms with Crippen molar-refractivity contribution in [3.8, 4) is 17.2 Å². The number of aromatic nitrogens is 2. The molecule has 8 nitrogen and oxygen atoms in total. The molecule has 0 saturated carbocycles. The summed E-state index contributed by atoms with van der Waals surface area (Å²) in [6.07, 6.45) is 0.611. The molecule has 44 heavy (non-hydrogen) atoms. The van der Waals surface area contributed by atoms with Crippen molar-refractivity contribution in [3.63, 3.8) is 0 Å². The highest BCUT2D eigenvalue weighted by Crippen LogP contribution is 2.37. The Kier molecular flexibility index (Phi) is 9.35. The summed E-state index contributed by atoms with van der Waals surface area (Å²) >= 11 is 3.65. The standard InChI is InChI=1S/C35H35BrN4O4/c1-22-12-11-13-23(2)32(22)38-35(42)39(19-18-25-14-7-6-8-15-25)24(3)33-37-28-17-10-9-16-27(28)34(41)40(33)29-20-26(43-4)21-30(44-5)31(29)36/h6-17,20-21,24H,18-19H2,1-5H3,(H,38,42). The van der Waals surface area contributed by atoms with Gasteiger partial charge in [0.05, 0.1) is 41.3 Å². The van der Waals surface area contributed by atoms with Crippen LogP contribution >= 0.6 is 15.9 Å². The number of carbonyl (C=O) groups excluding carboxylic acids is 1. The van der Waals surface area contributed by atoms with Crippen LogP contribution in [0.2, 0.25) is 0 Å². The van der Waals surface area contributed by atoms with Gasteiger partial charge < -0.3 is 19.7 Å². The molecule has 1 unspecified atom stereocenters. The summed E-state index contributed by atoms with van der Waals surface area (Å²) in [5.74, 6) is 1.40. The van der Waals surface area contributed by atoms with Crippen molar-refractivity contribution in [3.05, 3.63) is 122 Å². The number of hydrogen-bond donors (Lipinski definition) is 1. The molecule has 9 heteroatoms. The summed E-state index contributed by atoms with van der Waals surface area (Å²) in [5, 5.41) is 3.60. The zero-order valence-electron chi connectivity index (χ0n) is 25.4. The number of hydrogen-bond acceptors (Lipinski definition) is 5. The molecule has 0 radical (unpaired) electrons. The van der Waals surface area contributed by atoms with Crippen LogP contribution in [0, 0.1) is 13.8 Å². The smallest absolute Gasteiger partial charge is 0.322 e. The number of carbonyl (C=O) groups is 1. The average molecular weight is 656 g/mol. The van der Waals surface area contributed by atoms with E-state index in [-0.39, 0.29) is 11.6 Å². The normalized spacial score (nSPS) is 11.7. The lowest BCUT2D eigenvalue weighted by atomic mass is 10.1. The molecule has 226 valence electrons. The van der Waals surface area contributed by atoms with Crippen LogP contribution in [0.1, 0.15) is 35.5 Å². The summed E-state index contributed by atoms with van der Waals surface area (Å²) < 4.78 is 13.3. The highest BCUT2D eigenvalue weighted by molar-refractivity contribution is 9.10. The van der Waals surface area contributed by atoms with Gasteiger partial charge in [-0.2, -0.15) is 0 Å². The molecule has 5 aromatic rings. The van der Waals surface area contributed by atoms with Gasteiger partial charge in [0.1, 0.15) is 17.3 Å². The highest BCUT2D eigenvalue weighted by atomic mass is 79.9.